The van der Waals surface area contributed by atoms with E-state index in [4.69, 9.17) is 4.74 Å². The van der Waals surface area contributed by atoms with E-state index in [-0.39, 0.29) is 11.8 Å². The Morgan fingerprint density at radius 1 is 1.23 bits per heavy atom. The van der Waals surface area contributed by atoms with Crippen molar-refractivity contribution in [3.8, 4) is 0 Å². The average molecular weight is 447 g/mol. The molecule has 1 saturated heterocycles. The van der Waals surface area contributed by atoms with E-state index in [9.17, 15) is 13.2 Å². The second-order valence-corrected chi connectivity index (χ2v) is 10.6. The monoisotopic (exact) mass is 446 g/mol. The molecule has 1 aromatic rings. The second-order valence-electron chi connectivity index (χ2n) is 7.53. The van der Waals surface area contributed by atoms with Gasteiger partial charge in [-0.1, -0.05) is 15.9 Å². The molecule has 0 aromatic heterocycles. The van der Waals surface area contributed by atoms with Crippen LogP contribution in [-0.4, -0.2) is 56.4 Å². The highest BCUT2D eigenvalue weighted by atomic mass is 79.9. The zero-order valence-corrected chi connectivity index (χ0v) is 17.9. The van der Waals surface area contributed by atoms with E-state index in [0.29, 0.717) is 11.4 Å². The normalized spacial score (nSPS) is 17.1. The van der Waals surface area contributed by atoms with Crippen LogP contribution >= 0.6 is 15.9 Å². The predicted octanol–water partition coefficient (Wildman–Crippen LogP) is 3.21. The van der Waals surface area contributed by atoms with Crippen LogP contribution in [0.5, 0.6) is 0 Å². The van der Waals surface area contributed by atoms with Crippen molar-refractivity contribution >= 4 is 31.9 Å². The predicted molar refractivity (Wildman–Crippen MR) is 105 cm³/mol. The number of rotatable bonds is 5. The smallest absolute Gasteiger partial charge is 0.407 e. The maximum atomic E-state index is 12.4. The summed E-state index contributed by atoms with van der Waals surface area (Å²) in [6.45, 7) is 7.52. The second kappa shape index (κ2) is 8.71. The third-order valence-corrected chi connectivity index (χ3v) is 6.40. The maximum absolute atomic E-state index is 12.4. The van der Waals surface area contributed by atoms with Gasteiger partial charge in [0.15, 0.2) is 9.84 Å². The Hall–Kier alpha value is -1.12. The van der Waals surface area contributed by atoms with Crippen molar-refractivity contribution in [3.05, 3.63) is 28.7 Å². The number of hydrogen-bond acceptors (Lipinski definition) is 5. The van der Waals surface area contributed by atoms with Gasteiger partial charge < -0.3 is 15.0 Å². The topological polar surface area (TPSA) is 75.7 Å². The zero-order chi connectivity index (χ0) is 19.4. The third-order valence-electron chi connectivity index (χ3n) is 4.16. The lowest BCUT2D eigenvalue weighted by atomic mass is 10.1. The first kappa shape index (κ1) is 21.2. The number of carbonyl (C=O) groups is 1. The number of amides is 1. The molecule has 0 saturated carbocycles. The van der Waals surface area contributed by atoms with Crippen LogP contribution in [0.3, 0.4) is 0 Å². The Morgan fingerprint density at radius 2 is 1.81 bits per heavy atom. The van der Waals surface area contributed by atoms with Gasteiger partial charge in [-0.15, -0.1) is 0 Å². The standard InChI is InChI=1S/C18H27BrN2O4S/c1-18(2,3)25-17(22)20-15-8-10-21(11-9-15)12-13-26(23,24)16-6-4-14(19)5-7-16/h4-7,15H,8-13H2,1-3H3,(H,20,22). The molecular weight excluding hydrogens is 420 g/mol. The Morgan fingerprint density at radius 3 is 2.35 bits per heavy atom. The first-order chi connectivity index (χ1) is 12.0. The van der Waals surface area contributed by atoms with Crippen molar-refractivity contribution < 1.29 is 17.9 Å². The molecule has 1 aliphatic rings. The molecular formula is C18H27BrN2O4S. The van der Waals surface area contributed by atoms with Crippen LogP contribution in [0.4, 0.5) is 4.79 Å². The van der Waals surface area contributed by atoms with Crippen molar-refractivity contribution in [1.82, 2.24) is 10.2 Å². The van der Waals surface area contributed by atoms with Gasteiger partial charge in [-0.2, -0.15) is 0 Å². The summed E-state index contributed by atoms with van der Waals surface area (Å²) in [7, 11) is -3.28. The summed E-state index contributed by atoms with van der Waals surface area (Å²) >= 11 is 3.31. The van der Waals surface area contributed by atoms with Crippen molar-refractivity contribution in [2.75, 3.05) is 25.4 Å². The van der Waals surface area contributed by atoms with Gasteiger partial charge in [0, 0.05) is 30.1 Å². The quantitative estimate of drug-likeness (QED) is 0.751. The molecule has 8 heteroatoms. The number of halogens is 1. The molecule has 0 unspecified atom stereocenters. The number of sulfone groups is 1. The molecule has 2 rings (SSSR count). The number of ether oxygens (including phenoxy) is 1. The van der Waals surface area contributed by atoms with Crippen molar-refractivity contribution in [3.63, 3.8) is 0 Å². The highest BCUT2D eigenvalue weighted by molar-refractivity contribution is 9.10. The van der Waals surface area contributed by atoms with E-state index in [0.717, 1.165) is 30.4 Å². The molecule has 1 aliphatic heterocycles. The number of likely N-dealkylation sites (tertiary alicyclic amines) is 1. The van der Waals surface area contributed by atoms with Gasteiger partial charge in [-0.05, 0) is 57.9 Å². The lowest BCUT2D eigenvalue weighted by molar-refractivity contribution is 0.0480. The van der Waals surface area contributed by atoms with Gasteiger partial charge >= 0.3 is 6.09 Å². The van der Waals surface area contributed by atoms with Crippen LogP contribution in [0.25, 0.3) is 0 Å². The number of piperidine rings is 1. The summed E-state index contributed by atoms with van der Waals surface area (Å²) < 4.78 is 31.0. The molecule has 6 nitrogen and oxygen atoms in total. The zero-order valence-electron chi connectivity index (χ0n) is 15.5. The van der Waals surface area contributed by atoms with E-state index in [1.807, 2.05) is 20.8 Å². The fourth-order valence-electron chi connectivity index (χ4n) is 2.78. The summed E-state index contributed by atoms with van der Waals surface area (Å²) in [5.41, 5.74) is -0.508. The number of benzene rings is 1. The average Bonchev–Trinajstić information content (AvgIpc) is 2.53. The molecule has 0 spiro atoms. The fourth-order valence-corrected chi connectivity index (χ4v) is 4.33. The van der Waals surface area contributed by atoms with Crippen LogP contribution < -0.4 is 5.32 Å². The minimum Gasteiger partial charge on any atom is -0.444 e. The fraction of sp³-hybridized carbons (Fsp3) is 0.611. The summed E-state index contributed by atoms with van der Waals surface area (Å²) in [6, 6.07) is 6.79. The molecule has 146 valence electrons. The van der Waals surface area contributed by atoms with E-state index in [1.165, 1.54) is 0 Å². The van der Waals surface area contributed by atoms with E-state index in [2.05, 4.69) is 26.1 Å². The molecule has 0 atom stereocenters. The van der Waals surface area contributed by atoms with Gasteiger partial charge in [0.05, 0.1) is 10.6 Å². The number of alkyl carbamates (subject to hydrolysis) is 1. The summed E-state index contributed by atoms with van der Waals surface area (Å²) in [6.07, 6.45) is 1.18. The molecule has 1 aromatic carbocycles. The van der Waals surface area contributed by atoms with E-state index >= 15 is 0 Å². The highest BCUT2D eigenvalue weighted by Crippen LogP contribution is 2.17. The molecule has 26 heavy (non-hydrogen) atoms. The van der Waals surface area contributed by atoms with Crippen molar-refractivity contribution in [1.29, 1.82) is 0 Å². The van der Waals surface area contributed by atoms with Crippen LogP contribution in [0.15, 0.2) is 33.6 Å². The lowest BCUT2D eigenvalue weighted by Crippen LogP contribution is -2.46. The summed E-state index contributed by atoms with van der Waals surface area (Å²) in [5.74, 6) is 0.0960. The maximum Gasteiger partial charge on any atom is 0.407 e. The van der Waals surface area contributed by atoms with Gasteiger partial charge in [-0.3, -0.25) is 0 Å². The summed E-state index contributed by atoms with van der Waals surface area (Å²) in [5, 5.41) is 2.89. The molecule has 0 radical (unpaired) electrons. The molecule has 1 amide bonds. The SMILES string of the molecule is CC(C)(C)OC(=O)NC1CCN(CCS(=O)(=O)c2ccc(Br)cc2)CC1. The molecule has 0 aliphatic carbocycles. The number of nitrogens with one attached hydrogen (secondary N) is 1. The van der Waals surface area contributed by atoms with Crippen molar-refractivity contribution in [2.45, 2.75) is 50.2 Å². The van der Waals surface area contributed by atoms with Crippen LogP contribution in [0, 0.1) is 0 Å². The minimum atomic E-state index is -3.28. The van der Waals surface area contributed by atoms with Crippen LogP contribution in [-0.2, 0) is 14.6 Å². The largest absolute Gasteiger partial charge is 0.444 e. The van der Waals surface area contributed by atoms with E-state index in [1.54, 1.807) is 24.3 Å². The number of carbonyl (C=O) groups excluding carboxylic acids is 1. The first-order valence-electron chi connectivity index (χ1n) is 8.75. The summed E-state index contributed by atoms with van der Waals surface area (Å²) in [4.78, 5) is 14.3. The Labute approximate surface area is 164 Å². The van der Waals surface area contributed by atoms with Gasteiger partial charge in [0.1, 0.15) is 5.60 Å². The number of nitrogens with zero attached hydrogens (tertiary/aromatic N) is 1. The lowest BCUT2D eigenvalue weighted by Gasteiger charge is -2.32. The molecule has 1 fully saturated rings. The van der Waals surface area contributed by atoms with Gasteiger partial charge in [-0.25, -0.2) is 13.2 Å². The highest BCUT2D eigenvalue weighted by Gasteiger charge is 2.24. The van der Waals surface area contributed by atoms with Crippen molar-refractivity contribution in [2.24, 2.45) is 0 Å². The van der Waals surface area contributed by atoms with Crippen LogP contribution in [0.2, 0.25) is 0 Å². The van der Waals surface area contributed by atoms with Crippen LogP contribution in [0.1, 0.15) is 33.6 Å². The number of hydrogen-bond donors (Lipinski definition) is 1. The molecule has 1 heterocycles. The van der Waals surface area contributed by atoms with Gasteiger partial charge in [0.2, 0.25) is 0 Å². The molecule has 1 N–H and O–H groups in total. The Kier molecular flexibility index (Phi) is 7.10. The third kappa shape index (κ3) is 6.89. The minimum absolute atomic E-state index is 0.0733. The van der Waals surface area contributed by atoms with Gasteiger partial charge in [0.25, 0.3) is 0 Å². The Balaban J connectivity index is 1.76. The van der Waals surface area contributed by atoms with E-state index < -0.39 is 21.5 Å². The molecule has 0 bridgehead atoms. The first-order valence-corrected chi connectivity index (χ1v) is 11.2. The Bertz CT molecular complexity index is 706.